The maximum Gasteiger partial charge on any atom is 0.411 e. The number of hydrazone groups is 1. The van der Waals surface area contributed by atoms with E-state index in [9.17, 15) is 28.8 Å². The summed E-state index contributed by atoms with van der Waals surface area (Å²) in [6.07, 6.45) is 21.5. The van der Waals surface area contributed by atoms with Gasteiger partial charge in [-0.1, -0.05) is 133 Å². The summed E-state index contributed by atoms with van der Waals surface area (Å²) in [5, 5.41) is 16.5. The molecule has 0 spiro atoms. The summed E-state index contributed by atoms with van der Waals surface area (Å²) in [5.41, 5.74) is 12.1. The van der Waals surface area contributed by atoms with Crippen LogP contribution in [0.5, 0.6) is 34.5 Å². The lowest BCUT2D eigenvalue weighted by Crippen LogP contribution is -2.31. The monoisotopic (exact) mass is 1680 g/mol. The van der Waals surface area contributed by atoms with Crippen LogP contribution >= 0.6 is 0 Å². The summed E-state index contributed by atoms with van der Waals surface area (Å²) < 4.78 is 47.5. The minimum Gasteiger partial charge on any atom is -0.493 e. The molecule has 26 nitrogen and oxygen atoms in total. The van der Waals surface area contributed by atoms with Crippen molar-refractivity contribution in [1.82, 2.24) is 39.0 Å². The molecule has 0 radical (unpaired) electrons. The van der Waals surface area contributed by atoms with E-state index >= 15 is 0 Å². The highest BCUT2D eigenvalue weighted by Crippen LogP contribution is 2.40. The number of carbonyl (C=O) groups is 4. The van der Waals surface area contributed by atoms with Gasteiger partial charge in [0.15, 0.2) is 40.1 Å². The number of likely N-dealkylation sites (tertiary alicyclic amines) is 1. The molecule has 1 saturated heterocycles. The number of aromatic amines is 1. The Hall–Kier alpha value is -14.8. The predicted molar refractivity (Wildman–Crippen MR) is 484 cm³/mol. The molecule has 125 heavy (non-hydrogen) atoms. The molecule has 4 aromatic heterocycles. The third kappa shape index (κ3) is 22.9. The van der Waals surface area contributed by atoms with Crippen LogP contribution in [-0.2, 0) is 33.8 Å². The van der Waals surface area contributed by atoms with Crippen LogP contribution in [0.15, 0.2) is 276 Å². The number of carbonyl (C=O) groups excluding carboxylic acids is 4. The number of nitrogens with one attached hydrogen (secondary N) is 4. The molecular weight excluding hydrogens is 1580 g/mol. The number of urea groups is 1. The van der Waals surface area contributed by atoms with Crippen molar-refractivity contribution in [2.45, 2.75) is 115 Å². The Bertz CT molecular complexity index is 6050. The number of pyridine rings is 2. The zero-order valence-corrected chi connectivity index (χ0v) is 70.4. The molecule has 4 aliphatic rings. The Labute approximate surface area is 724 Å². The number of imidazole rings is 1. The van der Waals surface area contributed by atoms with Crippen molar-refractivity contribution < 1.29 is 57.1 Å². The number of benzene rings is 9. The molecule has 9 aromatic carbocycles. The summed E-state index contributed by atoms with van der Waals surface area (Å²) in [7, 11) is 6.50. The van der Waals surface area contributed by atoms with Crippen molar-refractivity contribution in [2.24, 2.45) is 5.10 Å². The van der Waals surface area contributed by atoms with Gasteiger partial charge in [-0.05, 0) is 195 Å². The van der Waals surface area contributed by atoms with E-state index in [1.165, 1.54) is 36.3 Å². The SMILES string of the molecule is CCOC(=O)Nc1ccc(CN2N=C(c3ccc(OC)c(OC)c3)CCC2=O)cc1.COc1ccc(/C(=C/n2cc[nH]c2=O)c2ccccc2)cc1OC1CCCC1.COc1ccc(C2CCN(C(=O)OCc3cccnc3)C2)cc1OC1CCCC1.O=C(Nc1cccc(-n2c(=O)c(Cc3ccccc3)nc3cccnc32)c1)Nc1cccc2ccccc12. The number of rotatable bonds is 24. The fourth-order valence-corrected chi connectivity index (χ4v) is 15.4. The Kier molecular flexibility index (Phi) is 29.5. The third-order valence-corrected chi connectivity index (χ3v) is 21.8. The molecule has 1 atom stereocenters. The van der Waals surface area contributed by atoms with Gasteiger partial charge in [0.2, 0.25) is 5.91 Å². The molecule has 0 bridgehead atoms. The molecule has 5 amide bonds. The van der Waals surface area contributed by atoms with Crippen molar-refractivity contribution in [3.63, 3.8) is 0 Å². The number of hydrogen-bond donors (Lipinski definition) is 4. The van der Waals surface area contributed by atoms with E-state index < -0.39 is 6.09 Å². The molecule has 2 aliphatic carbocycles. The maximum absolute atomic E-state index is 13.6. The highest BCUT2D eigenvalue weighted by Gasteiger charge is 2.31. The second-order valence-corrected chi connectivity index (χ2v) is 30.2. The van der Waals surface area contributed by atoms with Gasteiger partial charge in [-0.15, -0.1) is 0 Å². The topological polar surface area (TPSA) is 296 Å². The summed E-state index contributed by atoms with van der Waals surface area (Å²) in [6, 6.07) is 72.4. The quantitative estimate of drug-likeness (QED) is 0.0437. The Balaban J connectivity index is 0.000000137. The van der Waals surface area contributed by atoms with Crippen LogP contribution in [0.25, 0.3) is 39.4 Å². The van der Waals surface area contributed by atoms with E-state index in [-0.39, 0.29) is 54.0 Å². The smallest absolute Gasteiger partial charge is 0.411 e. The molecule has 2 aliphatic heterocycles. The summed E-state index contributed by atoms with van der Waals surface area (Å²) in [5.74, 6) is 4.55. The van der Waals surface area contributed by atoms with E-state index in [2.05, 4.69) is 53.1 Å². The first-order valence-electron chi connectivity index (χ1n) is 41.9. The molecule has 17 rings (SSSR count). The van der Waals surface area contributed by atoms with Crippen LogP contribution < -0.4 is 55.6 Å². The average Bonchev–Trinajstić information content (AvgIpc) is 1.38. The van der Waals surface area contributed by atoms with E-state index in [1.807, 2.05) is 188 Å². The van der Waals surface area contributed by atoms with Crippen molar-refractivity contribution in [3.05, 3.63) is 327 Å². The first kappa shape index (κ1) is 86.6. The number of nitrogens with zero attached hydrogens (tertiary/aromatic N) is 8. The molecule has 13 aromatic rings. The number of amides is 5. The van der Waals surface area contributed by atoms with Gasteiger partial charge in [0.1, 0.15) is 17.8 Å². The zero-order valence-electron chi connectivity index (χ0n) is 70.4. The molecule has 6 heterocycles. The number of H-pyrrole nitrogens is 1. The molecule has 3 fully saturated rings. The summed E-state index contributed by atoms with van der Waals surface area (Å²) >= 11 is 0. The average molecular weight is 1680 g/mol. The van der Waals surface area contributed by atoms with Gasteiger partial charge in [0, 0.05) is 109 Å². The molecule has 4 N–H and O–H groups in total. The van der Waals surface area contributed by atoms with Crippen LogP contribution in [-0.4, -0.2) is 129 Å². The second-order valence-electron chi connectivity index (χ2n) is 30.2. The molecule has 1 unspecified atom stereocenters. The third-order valence-electron chi connectivity index (χ3n) is 21.8. The van der Waals surface area contributed by atoms with Crippen LogP contribution in [0.1, 0.15) is 128 Å². The lowest BCUT2D eigenvalue weighted by atomic mass is 9.98. The van der Waals surface area contributed by atoms with Crippen LogP contribution in [0.2, 0.25) is 0 Å². The molecule has 26 heteroatoms. The van der Waals surface area contributed by atoms with Crippen molar-refractivity contribution in [3.8, 4) is 40.2 Å². The molecular formula is C99H100N12O14. The highest BCUT2D eigenvalue weighted by molar-refractivity contribution is 6.07. The lowest BCUT2D eigenvalue weighted by Gasteiger charge is -2.24. The number of hydrogen-bond acceptors (Lipinski definition) is 18. The molecule has 640 valence electrons. The summed E-state index contributed by atoms with van der Waals surface area (Å²) in [4.78, 5) is 92.4. The van der Waals surface area contributed by atoms with E-state index in [0.717, 1.165) is 111 Å². The number of anilines is 3. The van der Waals surface area contributed by atoms with Gasteiger partial charge in [0.25, 0.3) is 5.56 Å². The number of methoxy groups -OCH3 is 4. The normalized spacial score (nSPS) is 14.4. The van der Waals surface area contributed by atoms with Gasteiger partial charge < -0.3 is 58.4 Å². The van der Waals surface area contributed by atoms with Crippen LogP contribution in [0.4, 0.5) is 31.4 Å². The van der Waals surface area contributed by atoms with Crippen LogP contribution in [0, 0.1) is 0 Å². The highest BCUT2D eigenvalue weighted by atomic mass is 16.6. The maximum atomic E-state index is 13.6. The fraction of sp³-hybridized carbons (Fsp3) is 0.253. The van der Waals surface area contributed by atoms with Gasteiger partial charge in [-0.25, -0.2) is 34.2 Å². The zero-order chi connectivity index (χ0) is 86.8. The van der Waals surface area contributed by atoms with E-state index in [0.29, 0.717) is 96.6 Å². The Morgan fingerprint density at radius 3 is 1.95 bits per heavy atom. The second kappa shape index (κ2) is 42.6. The van der Waals surface area contributed by atoms with Gasteiger partial charge >= 0.3 is 23.9 Å². The number of fused-ring (bicyclic) bond motifs is 2. The first-order chi connectivity index (χ1) is 61.2. The van der Waals surface area contributed by atoms with Gasteiger partial charge in [-0.3, -0.25) is 29.0 Å². The fourth-order valence-electron chi connectivity index (χ4n) is 15.4. The van der Waals surface area contributed by atoms with Gasteiger partial charge in [-0.2, -0.15) is 5.10 Å². The minimum absolute atomic E-state index is 0.0343. The van der Waals surface area contributed by atoms with Crippen molar-refractivity contribution >= 4 is 80.6 Å². The number of ether oxygens (including phenoxy) is 8. The Morgan fingerprint density at radius 2 is 1.24 bits per heavy atom. The molecule has 2 saturated carbocycles. The largest absolute Gasteiger partial charge is 0.493 e. The lowest BCUT2D eigenvalue weighted by molar-refractivity contribution is -0.132. The predicted octanol–water partition coefficient (Wildman–Crippen LogP) is 19.1. The first-order valence-corrected chi connectivity index (χ1v) is 41.9. The van der Waals surface area contributed by atoms with E-state index in [4.69, 9.17) is 37.9 Å². The standard InChI is InChI=1S/C31H23N5O2.C23H28N2O4.C23H24N2O3.C22H25N3O5/c37-30-28(19-21-9-2-1-3-10-21)34-27-17-8-18-32-29(27)36(30)24-14-7-13-23(20-24)33-31(38)35-26-16-6-12-22-11-4-5-15-25(22)26;1-27-21-9-8-18(13-22(21)29-20-6-2-3-7-20)19-10-12-25(15-19)23(26)28-16-17-5-4-11-24-14-17;1-27-21-12-11-18(15-22(21)28-19-9-5-6-10-19)20(17-7-3-2-4-8-17)16-25-14-13-24-23(25)26;1-4-30-22(27)23-17-8-5-15(6-9-17)14-25-21(26)12-10-18(24-25)16-7-11-19(28-2)20(13-16)29-3/h1-18,20H,19H2,(H2,33,35,38);4-5,8-9,11,13-14,19-20H,2-3,6-7,10,12,15-16H2,1H3;2-4,7-8,11-16,19H,5-6,9-10H2,1H3,(H,24,26);5-9,11,13H,4,10,12,14H2,1-3H3,(H,23,27)/b;;20-16+;. The van der Waals surface area contributed by atoms with Crippen molar-refractivity contribution in [2.75, 3.05) is 64.1 Å². The Morgan fingerprint density at radius 1 is 0.568 bits per heavy atom. The van der Waals surface area contributed by atoms with Crippen molar-refractivity contribution in [1.29, 1.82) is 0 Å². The minimum atomic E-state index is -0.499. The number of aromatic nitrogens is 6. The van der Waals surface area contributed by atoms with Gasteiger partial charge in [0.05, 0.1) is 70.9 Å². The van der Waals surface area contributed by atoms with E-state index in [1.54, 1.807) is 117 Å². The summed E-state index contributed by atoms with van der Waals surface area (Å²) in [6.45, 7) is 3.99. The van der Waals surface area contributed by atoms with Crippen LogP contribution in [0.3, 0.4) is 0 Å².